The van der Waals surface area contributed by atoms with Crippen LogP contribution in [0.25, 0.3) is 0 Å². The lowest BCUT2D eigenvalue weighted by Crippen LogP contribution is -2.49. The first-order valence-electron chi connectivity index (χ1n) is 13.8. The van der Waals surface area contributed by atoms with Gasteiger partial charge in [0.05, 0.1) is 5.69 Å². The Morgan fingerprint density at radius 2 is 2.00 bits per heavy atom. The molecule has 1 aromatic heterocycles. The maximum atomic E-state index is 13.2. The van der Waals surface area contributed by atoms with Crippen molar-refractivity contribution in [1.82, 2.24) is 24.7 Å². The zero-order valence-electron chi connectivity index (χ0n) is 21.9. The molecular formula is C29H34N6O3. The van der Waals surface area contributed by atoms with Crippen LogP contribution >= 0.6 is 0 Å². The van der Waals surface area contributed by atoms with Crippen molar-refractivity contribution in [2.75, 3.05) is 38.2 Å². The lowest BCUT2D eigenvalue weighted by molar-refractivity contribution is -0.130. The highest BCUT2D eigenvalue weighted by Gasteiger charge is 2.53. The molecule has 1 amide bonds. The number of ether oxygens (including phenoxy) is 1. The van der Waals surface area contributed by atoms with Crippen LogP contribution in [0.5, 0.6) is 6.01 Å². The molecule has 0 radical (unpaired) electrons. The van der Waals surface area contributed by atoms with E-state index in [1.54, 1.807) is 4.90 Å². The highest BCUT2D eigenvalue weighted by molar-refractivity contribution is 6.03. The van der Waals surface area contributed by atoms with Gasteiger partial charge in [0.15, 0.2) is 5.78 Å². The van der Waals surface area contributed by atoms with Gasteiger partial charge in [0, 0.05) is 43.8 Å². The van der Waals surface area contributed by atoms with Crippen LogP contribution in [-0.4, -0.2) is 87.8 Å². The maximum Gasteiger partial charge on any atom is 0.318 e. The largest absolute Gasteiger partial charge is 0.462 e. The summed E-state index contributed by atoms with van der Waals surface area (Å²) in [5, 5.41) is 0. The molecule has 38 heavy (non-hydrogen) atoms. The smallest absolute Gasteiger partial charge is 0.318 e. The van der Waals surface area contributed by atoms with Crippen molar-refractivity contribution >= 4 is 17.5 Å². The summed E-state index contributed by atoms with van der Waals surface area (Å²) in [4.78, 5) is 43.9. The predicted octanol–water partition coefficient (Wildman–Crippen LogP) is 2.11. The van der Waals surface area contributed by atoms with Crippen molar-refractivity contribution in [3.05, 3.63) is 59.3 Å². The van der Waals surface area contributed by atoms with Gasteiger partial charge in [-0.1, -0.05) is 30.8 Å². The van der Waals surface area contributed by atoms with E-state index in [2.05, 4.69) is 52.6 Å². The second-order valence-corrected chi connectivity index (χ2v) is 11.3. The first-order valence-corrected chi connectivity index (χ1v) is 13.8. The summed E-state index contributed by atoms with van der Waals surface area (Å²) in [5.74, 6) is 0.696. The van der Waals surface area contributed by atoms with Crippen molar-refractivity contribution in [3.8, 4) is 6.01 Å². The monoisotopic (exact) mass is 514 g/mol. The van der Waals surface area contributed by atoms with E-state index < -0.39 is 12.1 Å². The van der Waals surface area contributed by atoms with Gasteiger partial charge in [-0.05, 0) is 56.5 Å². The van der Waals surface area contributed by atoms with Crippen molar-refractivity contribution in [1.29, 1.82) is 0 Å². The quantitative estimate of drug-likeness (QED) is 0.543. The fourth-order valence-electron chi connectivity index (χ4n) is 7.16. The average Bonchev–Trinajstić information content (AvgIpc) is 3.75. The Hall–Kier alpha value is -3.30. The molecule has 2 bridgehead atoms. The van der Waals surface area contributed by atoms with E-state index >= 15 is 0 Å². The molecule has 9 heteroatoms. The molecule has 4 aliphatic heterocycles. The minimum absolute atomic E-state index is 0.0854. The molecule has 0 N–H and O–H groups in total. The van der Waals surface area contributed by atoms with Gasteiger partial charge < -0.3 is 19.4 Å². The summed E-state index contributed by atoms with van der Waals surface area (Å²) in [6.45, 7) is 7.55. The van der Waals surface area contributed by atoms with Gasteiger partial charge in [0.1, 0.15) is 24.5 Å². The molecule has 1 aliphatic carbocycles. The van der Waals surface area contributed by atoms with Crippen molar-refractivity contribution < 1.29 is 14.3 Å². The highest BCUT2D eigenvalue weighted by Crippen LogP contribution is 2.43. The molecule has 3 saturated heterocycles. The van der Waals surface area contributed by atoms with Gasteiger partial charge in [0.2, 0.25) is 5.91 Å². The Balaban J connectivity index is 1.19. The topological polar surface area (TPSA) is 82.1 Å². The SMILES string of the molecule is C=CC(=O)N1CC2C(=O)C1CN2c1nc(OC[C@@H]2CCCN2C)nc2c1CN(C1CCc3ccccc31)C2. The van der Waals surface area contributed by atoms with Crippen LogP contribution < -0.4 is 9.64 Å². The van der Waals surface area contributed by atoms with Gasteiger partial charge in [-0.2, -0.15) is 9.97 Å². The van der Waals surface area contributed by atoms with Crippen LogP contribution in [0.1, 0.15) is 47.7 Å². The molecule has 3 unspecified atom stereocenters. The molecule has 4 atom stereocenters. The van der Waals surface area contributed by atoms with Crippen LogP contribution in [0.3, 0.4) is 0 Å². The van der Waals surface area contributed by atoms with Crippen molar-refractivity contribution in [3.63, 3.8) is 0 Å². The first-order chi connectivity index (χ1) is 18.5. The summed E-state index contributed by atoms with van der Waals surface area (Å²) in [6.07, 6.45) is 5.77. The fourth-order valence-corrected chi connectivity index (χ4v) is 7.16. The highest BCUT2D eigenvalue weighted by atomic mass is 16.5. The third-order valence-corrected chi connectivity index (χ3v) is 9.26. The standard InChI is InChI=1S/C29H34N6O3/c1-3-26(36)34-15-25-27(37)24(34)16-35(25)28-21-13-33(23-11-10-18-7-4-5-9-20(18)23)14-22(21)30-29(31-28)38-17-19-8-6-12-32(19)2/h3-5,7,9,19,23-25H,1,6,8,10-17H2,2H3/t19-,23?,24?,25?/m0/s1. The first kappa shape index (κ1) is 23.8. The number of benzene rings is 1. The number of ketones is 1. The number of fused-ring (bicyclic) bond motifs is 4. The maximum absolute atomic E-state index is 13.2. The van der Waals surface area contributed by atoms with E-state index in [4.69, 9.17) is 14.7 Å². The Kier molecular flexibility index (Phi) is 5.74. The summed E-state index contributed by atoms with van der Waals surface area (Å²) < 4.78 is 6.21. The van der Waals surface area contributed by atoms with Crippen LogP contribution in [0, 0.1) is 0 Å². The van der Waals surface area contributed by atoms with Gasteiger partial charge in [-0.15, -0.1) is 0 Å². The number of likely N-dealkylation sites (N-methyl/N-ethyl adjacent to an activating group) is 1. The molecule has 0 saturated carbocycles. The summed E-state index contributed by atoms with van der Waals surface area (Å²) in [7, 11) is 2.14. The minimum Gasteiger partial charge on any atom is -0.462 e. The van der Waals surface area contributed by atoms with Crippen LogP contribution in [0.2, 0.25) is 0 Å². The normalized spacial score (nSPS) is 28.3. The van der Waals surface area contributed by atoms with Gasteiger partial charge >= 0.3 is 6.01 Å². The van der Waals surface area contributed by atoms with Gasteiger partial charge in [0.25, 0.3) is 0 Å². The van der Waals surface area contributed by atoms with Gasteiger partial charge in [-0.25, -0.2) is 0 Å². The van der Waals surface area contributed by atoms with E-state index in [1.165, 1.54) is 23.6 Å². The van der Waals surface area contributed by atoms with Crippen molar-refractivity contribution in [2.45, 2.75) is 62.9 Å². The Morgan fingerprint density at radius 3 is 2.76 bits per heavy atom. The Labute approximate surface area is 223 Å². The van der Waals surface area contributed by atoms with Crippen LogP contribution in [-0.2, 0) is 29.1 Å². The number of hydrogen-bond donors (Lipinski definition) is 0. The molecule has 0 spiro atoms. The lowest BCUT2D eigenvalue weighted by atomic mass is 10.1. The molecule has 198 valence electrons. The zero-order chi connectivity index (χ0) is 26.0. The number of carbonyl (C=O) groups is 2. The molecule has 2 aromatic rings. The van der Waals surface area contributed by atoms with E-state index in [-0.39, 0.29) is 11.7 Å². The third-order valence-electron chi connectivity index (χ3n) is 9.26. The van der Waals surface area contributed by atoms with Crippen molar-refractivity contribution in [2.24, 2.45) is 0 Å². The second kappa shape index (κ2) is 9.17. The molecule has 5 heterocycles. The van der Waals surface area contributed by atoms with Gasteiger partial charge in [-0.3, -0.25) is 14.5 Å². The number of aryl methyl sites for hydroxylation is 1. The van der Waals surface area contributed by atoms with E-state index in [0.29, 0.717) is 37.8 Å². The number of nitrogens with zero attached hydrogens (tertiary/aromatic N) is 6. The number of aromatic nitrogens is 2. The van der Waals surface area contributed by atoms with E-state index in [9.17, 15) is 9.59 Å². The molecule has 1 aromatic carbocycles. The number of anilines is 1. The number of hydrogen-bond acceptors (Lipinski definition) is 8. The van der Waals surface area contributed by atoms with Crippen LogP contribution in [0.15, 0.2) is 36.9 Å². The van der Waals surface area contributed by atoms with Crippen LogP contribution in [0.4, 0.5) is 5.82 Å². The minimum atomic E-state index is -0.452. The number of piperazine rings is 1. The average molecular weight is 515 g/mol. The summed E-state index contributed by atoms with van der Waals surface area (Å²) >= 11 is 0. The Morgan fingerprint density at radius 1 is 1.13 bits per heavy atom. The zero-order valence-corrected chi connectivity index (χ0v) is 21.9. The molecule has 7 rings (SSSR count). The predicted molar refractivity (Wildman–Crippen MR) is 142 cm³/mol. The molecular weight excluding hydrogens is 480 g/mol. The van der Waals surface area contributed by atoms with E-state index in [1.807, 2.05) is 0 Å². The number of carbonyl (C=O) groups excluding carboxylic acids is 2. The molecule has 5 aliphatic rings. The second-order valence-electron chi connectivity index (χ2n) is 11.3. The Bertz CT molecular complexity index is 1310. The van der Waals surface area contributed by atoms with E-state index in [0.717, 1.165) is 56.0 Å². The molecule has 3 fully saturated rings. The third kappa shape index (κ3) is 3.74. The lowest BCUT2D eigenvalue weighted by Gasteiger charge is -2.34. The molecule has 9 nitrogen and oxygen atoms in total. The summed E-state index contributed by atoms with van der Waals surface area (Å²) in [5.41, 5.74) is 4.91. The summed E-state index contributed by atoms with van der Waals surface area (Å²) in [6, 6.07) is 8.99. The fraction of sp³-hybridized carbons (Fsp3) is 0.517. The number of rotatable bonds is 6. The number of Topliss-reactive ketones (excluding diaryl/α,β-unsaturated/α-hetero) is 1. The number of likely N-dealkylation sites (tertiary alicyclic amines) is 2. The number of amides is 1.